The van der Waals surface area contributed by atoms with Gasteiger partial charge in [0.2, 0.25) is 0 Å². The fourth-order valence-electron chi connectivity index (χ4n) is 3.73. The minimum atomic E-state index is 0.0806. The molecule has 1 aliphatic heterocycles. The van der Waals surface area contributed by atoms with Gasteiger partial charge >= 0.3 is 0 Å². The Kier molecular flexibility index (Phi) is 3.87. The van der Waals surface area contributed by atoms with Crippen LogP contribution in [0.2, 0.25) is 0 Å². The van der Waals surface area contributed by atoms with Crippen molar-refractivity contribution >= 4 is 0 Å². The highest BCUT2D eigenvalue weighted by atomic mass is 16.5. The van der Waals surface area contributed by atoms with Crippen molar-refractivity contribution in [3.8, 4) is 11.5 Å². The lowest BCUT2D eigenvalue weighted by Gasteiger charge is -2.32. The number of ether oxygens (including phenoxy) is 2. The molecule has 3 atom stereocenters. The van der Waals surface area contributed by atoms with Crippen molar-refractivity contribution < 1.29 is 9.47 Å². The minimum Gasteiger partial charge on any atom is -0.489 e. The fourth-order valence-corrected chi connectivity index (χ4v) is 3.73. The smallest absolute Gasteiger partial charge is 0.161 e. The average molecular weight is 289 g/mol. The van der Waals surface area contributed by atoms with Gasteiger partial charge in [-0.25, -0.2) is 0 Å². The molecule has 1 saturated carbocycles. The van der Waals surface area contributed by atoms with Crippen LogP contribution in [0.1, 0.15) is 51.6 Å². The summed E-state index contributed by atoms with van der Waals surface area (Å²) in [5.74, 6) is 2.66. The van der Waals surface area contributed by atoms with Crippen LogP contribution in [0, 0.1) is 17.3 Å². The van der Waals surface area contributed by atoms with E-state index in [-0.39, 0.29) is 6.04 Å². The molecule has 0 spiro atoms. The molecule has 3 nitrogen and oxygen atoms in total. The van der Waals surface area contributed by atoms with Gasteiger partial charge in [-0.15, -0.1) is 0 Å². The predicted octanol–water partition coefficient (Wildman–Crippen LogP) is 3.92. The van der Waals surface area contributed by atoms with Gasteiger partial charge in [-0.05, 0) is 41.9 Å². The molecule has 0 radical (unpaired) electrons. The molecule has 3 heteroatoms. The van der Waals surface area contributed by atoms with Crippen LogP contribution in [0.3, 0.4) is 0 Å². The molecule has 1 aromatic rings. The van der Waals surface area contributed by atoms with E-state index in [1.807, 2.05) is 6.07 Å². The quantitative estimate of drug-likeness (QED) is 0.897. The van der Waals surface area contributed by atoms with Crippen molar-refractivity contribution in [1.82, 2.24) is 0 Å². The summed E-state index contributed by atoms with van der Waals surface area (Å²) in [4.78, 5) is 0. The number of fused-ring (bicyclic) bond motifs is 1. The van der Waals surface area contributed by atoms with Gasteiger partial charge in [0, 0.05) is 12.0 Å². The van der Waals surface area contributed by atoms with Gasteiger partial charge in [-0.2, -0.15) is 0 Å². The third-order valence-corrected chi connectivity index (χ3v) is 5.17. The Balaban J connectivity index is 1.83. The topological polar surface area (TPSA) is 44.5 Å². The van der Waals surface area contributed by atoms with E-state index in [0.717, 1.165) is 11.5 Å². The number of hydrogen-bond acceptors (Lipinski definition) is 3. The molecule has 2 aliphatic rings. The molecule has 116 valence electrons. The highest BCUT2D eigenvalue weighted by Crippen LogP contribution is 2.48. The highest BCUT2D eigenvalue weighted by molar-refractivity contribution is 5.44. The van der Waals surface area contributed by atoms with E-state index in [0.29, 0.717) is 30.5 Å². The summed E-state index contributed by atoms with van der Waals surface area (Å²) in [5, 5.41) is 0. The molecule has 1 aromatic carbocycles. The first-order chi connectivity index (χ1) is 9.97. The van der Waals surface area contributed by atoms with Crippen LogP contribution in [0.15, 0.2) is 18.2 Å². The van der Waals surface area contributed by atoms with E-state index in [4.69, 9.17) is 15.2 Å². The van der Waals surface area contributed by atoms with E-state index >= 15 is 0 Å². The molecule has 3 unspecified atom stereocenters. The van der Waals surface area contributed by atoms with E-state index in [1.165, 1.54) is 24.8 Å². The van der Waals surface area contributed by atoms with Gasteiger partial charge in [0.25, 0.3) is 0 Å². The Morgan fingerprint density at radius 2 is 1.90 bits per heavy atom. The summed E-state index contributed by atoms with van der Waals surface area (Å²) in [6, 6.07) is 6.30. The maximum atomic E-state index is 6.58. The first-order valence-corrected chi connectivity index (χ1v) is 8.12. The lowest BCUT2D eigenvalue weighted by molar-refractivity contribution is 0.221. The van der Waals surface area contributed by atoms with Crippen LogP contribution in [-0.2, 0) is 0 Å². The minimum absolute atomic E-state index is 0.0806. The highest BCUT2D eigenvalue weighted by Gasteiger charge is 2.38. The monoisotopic (exact) mass is 289 g/mol. The molecule has 0 aromatic heterocycles. The second-order valence-corrected chi connectivity index (χ2v) is 7.45. The largest absolute Gasteiger partial charge is 0.489 e. The molecular formula is C18H27NO2. The van der Waals surface area contributed by atoms with E-state index in [1.54, 1.807) is 0 Å². The Hall–Kier alpha value is -1.22. The van der Waals surface area contributed by atoms with Crippen LogP contribution in [-0.4, -0.2) is 13.2 Å². The Labute approximate surface area is 127 Å². The zero-order chi connectivity index (χ0) is 15.0. The second-order valence-electron chi connectivity index (χ2n) is 7.45. The molecule has 1 heterocycles. The standard InChI is InChI=1S/C18H27NO2/c1-12-10-20-15-7-6-13(9-16(15)21-11-12)17(19)14-5-4-8-18(14,2)3/h6-7,9,12,14,17H,4-5,8,10-11,19H2,1-3H3. The summed E-state index contributed by atoms with van der Waals surface area (Å²) < 4.78 is 11.7. The number of benzene rings is 1. The molecule has 3 rings (SSSR count). The first kappa shape index (κ1) is 14.7. The zero-order valence-corrected chi connectivity index (χ0v) is 13.4. The lowest BCUT2D eigenvalue weighted by atomic mass is 9.76. The summed E-state index contributed by atoms with van der Waals surface area (Å²) >= 11 is 0. The predicted molar refractivity (Wildman–Crippen MR) is 84.6 cm³/mol. The Morgan fingerprint density at radius 3 is 2.57 bits per heavy atom. The van der Waals surface area contributed by atoms with Crippen LogP contribution in [0.25, 0.3) is 0 Å². The van der Waals surface area contributed by atoms with E-state index in [2.05, 4.69) is 32.9 Å². The molecule has 1 aliphatic carbocycles. The summed E-state index contributed by atoms with van der Waals surface area (Å²) in [6.07, 6.45) is 3.78. The normalized spacial score (nSPS) is 29.0. The van der Waals surface area contributed by atoms with Gasteiger partial charge in [-0.1, -0.05) is 33.3 Å². The van der Waals surface area contributed by atoms with Gasteiger partial charge in [-0.3, -0.25) is 0 Å². The summed E-state index contributed by atoms with van der Waals surface area (Å²) in [7, 11) is 0. The second kappa shape index (κ2) is 5.53. The third kappa shape index (κ3) is 2.89. The summed E-state index contributed by atoms with van der Waals surface area (Å²) in [5.41, 5.74) is 8.08. The van der Waals surface area contributed by atoms with Gasteiger partial charge in [0.1, 0.15) is 0 Å². The Bertz CT molecular complexity index is 512. The average Bonchev–Trinajstić information content (AvgIpc) is 2.70. The third-order valence-electron chi connectivity index (χ3n) is 5.17. The van der Waals surface area contributed by atoms with Gasteiger partial charge in [0.15, 0.2) is 11.5 Å². The molecule has 21 heavy (non-hydrogen) atoms. The van der Waals surface area contributed by atoms with Crippen molar-refractivity contribution in [3.63, 3.8) is 0 Å². The van der Waals surface area contributed by atoms with Crippen molar-refractivity contribution in [1.29, 1.82) is 0 Å². The lowest BCUT2D eigenvalue weighted by Crippen LogP contribution is -2.29. The van der Waals surface area contributed by atoms with Gasteiger partial charge in [0.05, 0.1) is 13.2 Å². The van der Waals surface area contributed by atoms with Crippen molar-refractivity contribution in [2.24, 2.45) is 23.0 Å². The molecule has 1 fully saturated rings. The summed E-state index contributed by atoms with van der Waals surface area (Å²) in [6.45, 7) is 8.25. The molecule has 0 saturated heterocycles. The van der Waals surface area contributed by atoms with E-state index < -0.39 is 0 Å². The van der Waals surface area contributed by atoms with Crippen molar-refractivity contribution in [3.05, 3.63) is 23.8 Å². The zero-order valence-electron chi connectivity index (χ0n) is 13.4. The number of nitrogens with two attached hydrogens (primary N) is 1. The molecule has 0 amide bonds. The van der Waals surface area contributed by atoms with Gasteiger partial charge < -0.3 is 15.2 Å². The molecular weight excluding hydrogens is 262 g/mol. The maximum absolute atomic E-state index is 6.58. The number of rotatable bonds is 2. The SMILES string of the molecule is CC1COc2ccc(C(N)C3CCCC3(C)C)cc2OC1. The fraction of sp³-hybridized carbons (Fsp3) is 0.667. The van der Waals surface area contributed by atoms with Crippen LogP contribution in [0.4, 0.5) is 0 Å². The van der Waals surface area contributed by atoms with E-state index in [9.17, 15) is 0 Å². The maximum Gasteiger partial charge on any atom is 0.161 e. The van der Waals surface area contributed by atoms with Crippen LogP contribution >= 0.6 is 0 Å². The van der Waals surface area contributed by atoms with Crippen LogP contribution < -0.4 is 15.2 Å². The van der Waals surface area contributed by atoms with Crippen molar-refractivity contribution in [2.75, 3.05) is 13.2 Å². The molecule has 0 bridgehead atoms. The number of hydrogen-bond donors (Lipinski definition) is 1. The van der Waals surface area contributed by atoms with Crippen molar-refractivity contribution in [2.45, 2.75) is 46.1 Å². The Morgan fingerprint density at radius 1 is 1.19 bits per heavy atom. The first-order valence-electron chi connectivity index (χ1n) is 8.12. The molecule has 2 N–H and O–H groups in total. The van der Waals surface area contributed by atoms with Crippen LogP contribution in [0.5, 0.6) is 11.5 Å².